The molecule has 0 spiro atoms. The van der Waals surface area contributed by atoms with E-state index in [0.717, 1.165) is 43.2 Å². The van der Waals surface area contributed by atoms with Crippen LogP contribution in [0.3, 0.4) is 0 Å². The normalized spacial score (nSPS) is 19.9. The molecule has 2 unspecified atom stereocenters. The molecule has 286 valence electrons. The topological polar surface area (TPSA) is 66.5 Å². The number of hydrogen-bond donors (Lipinski definition) is 1. The molecule has 2 atom stereocenters. The SMILES string of the molecule is C/C(=C\c1ccccc1)CNCCC1CCCN1C.COc1cc(C(=O)N(CCC2CCCN2C)C/C(C)=C/c2ccccc2)cc2c1OC(C)(C)O2. The molecule has 0 bridgehead atoms. The summed E-state index contributed by atoms with van der Waals surface area (Å²) in [5, 5.41) is 3.56. The summed E-state index contributed by atoms with van der Waals surface area (Å²) in [7, 11) is 6.01. The second-order valence-corrected chi connectivity index (χ2v) is 15.4. The summed E-state index contributed by atoms with van der Waals surface area (Å²) in [6, 6.07) is 25.6. The van der Waals surface area contributed by atoms with Crippen molar-refractivity contribution in [2.45, 2.75) is 84.1 Å². The lowest BCUT2D eigenvalue weighted by atomic mass is 10.1. The number of carbonyl (C=O) groups is 1. The van der Waals surface area contributed by atoms with Gasteiger partial charge in [0.25, 0.3) is 5.91 Å². The second-order valence-electron chi connectivity index (χ2n) is 15.4. The van der Waals surface area contributed by atoms with Crippen LogP contribution in [0.25, 0.3) is 12.2 Å². The van der Waals surface area contributed by atoms with E-state index in [1.54, 1.807) is 19.2 Å². The predicted octanol–water partition coefficient (Wildman–Crippen LogP) is 8.40. The number of likely N-dealkylation sites (tertiary alicyclic amines) is 2. The number of fused-ring (bicyclic) bond motifs is 1. The van der Waals surface area contributed by atoms with E-state index in [1.165, 1.54) is 49.8 Å². The van der Waals surface area contributed by atoms with Gasteiger partial charge in [0.05, 0.1) is 7.11 Å². The molecule has 2 saturated heterocycles. The molecule has 6 rings (SSSR count). The average molecular weight is 723 g/mol. The van der Waals surface area contributed by atoms with Gasteiger partial charge in [0.15, 0.2) is 11.5 Å². The molecule has 3 heterocycles. The molecule has 53 heavy (non-hydrogen) atoms. The number of rotatable bonds is 14. The maximum absolute atomic E-state index is 13.8. The summed E-state index contributed by atoms with van der Waals surface area (Å²) < 4.78 is 17.4. The fourth-order valence-electron chi connectivity index (χ4n) is 7.61. The van der Waals surface area contributed by atoms with Crippen LogP contribution in [-0.2, 0) is 0 Å². The lowest BCUT2D eigenvalue weighted by Crippen LogP contribution is -2.37. The minimum Gasteiger partial charge on any atom is -0.493 e. The fourth-order valence-corrected chi connectivity index (χ4v) is 7.61. The first kappa shape index (κ1) is 40.1. The first-order valence-electron chi connectivity index (χ1n) is 19.5. The molecular formula is C45H62N4O4. The monoisotopic (exact) mass is 722 g/mol. The van der Waals surface area contributed by atoms with Crippen molar-refractivity contribution in [3.05, 3.63) is 101 Å². The van der Waals surface area contributed by atoms with Crippen LogP contribution in [0.4, 0.5) is 0 Å². The number of nitrogens with one attached hydrogen (secondary N) is 1. The lowest BCUT2D eigenvalue weighted by molar-refractivity contribution is -0.0439. The van der Waals surface area contributed by atoms with Gasteiger partial charge in [0.2, 0.25) is 11.5 Å². The quantitative estimate of drug-likeness (QED) is 0.168. The maximum Gasteiger partial charge on any atom is 0.254 e. The molecule has 8 heteroatoms. The first-order valence-corrected chi connectivity index (χ1v) is 19.5. The van der Waals surface area contributed by atoms with E-state index in [-0.39, 0.29) is 5.91 Å². The van der Waals surface area contributed by atoms with E-state index < -0.39 is 5.79 Å². The zero-order chi connectivity index (χ0) is 37.8. The molecular weight excluding hydrogens is 661 g/mol. The number of amides is 1. The Bertz CT molecular complexity index is 1670. The van der Waals surface area contributed by atoms with Gasteiger partial charge in [-0.1, -0.05) is 84.0 Å². The number of carbonyl (C=O) groups excluding carboxylic acids is 1. The molecule has 2 fully saturated rings. The van der Waals surface area contributed by atoms with Crippen molar-refractivity contribution in [2.24, 2.45) is 0 Å². The van der Waals surface area contributed by atoms with Crippen molar-refractivity contribution in [2.75, 3.05) is 60.5 Å². The number of nitrogens with zero attached hydrogens (tertiary/aromatic N) is 3. The highest BCUT2D eigenvalue weighted by molar-refractivity contribution is 5.96. The standard InChI is InChI=1S/C28H36N2O4.C17H26N2/c1-20(16-21-10-7-6-8-11-21)19-30(15-13-23-12-9-14-29(23)4)27(31)22-17-24(32-5)26-25(18-22)33-28(2,3)34-26;1-15(13-16-7-4-3-5-8-16)14-18-11-10-17-9-6-12-19(17)2/h6-8,10-11,16-18,23H,9,12-15,19H2,1-5H3;3-5,7-8,13,17-18H,6,9-12,14H2,1-2H3/b20-16+;15-13+. The van der Waals surface area contributed by atoms with Gasteiger partial charge in [-0.2, -0.15) is 0 Å². The smallest absolute Gasteiger partial charge is 0.254 e. The number of methoxy groups -OCH3 is 1. The van der Waals surface area contributed by atoms with E-state index in [1.807, 2.05) is 36.9 Å². The Hall–Kier alpha value is -4.11. The van der Waals surface area contributed by atoms with Crippen molar-refractivity contribution in [1.82, 2.24) is 20.0 Å². The van der Waals surface area contributed by atoms with E-state index >= 15 is 0 Å². The lowest BCUT2D eigenvalue weighted by Gasteiger charge is -2.27. The summed E-state index contributed by atoms with van der Waals surface area (Å²) in [6.45, 7) is 13.7. The van der Waals surface area contributed by atoms with Gasteiger partial charge in [0, 0.05) is 51.1 Å². The van der Waals surface area contributed by atoms with Gasteiger partial charge in [-0.05, 0) is 109 Å². The van der Waals surface area contributed by atoms with Crippen molar-refractivity contribution >= 4 is 18.1 Å². The summed E-state index contributed by atoms with van der Waals surface area (Å²) in [5.74, 6) is 0.774. The molecule has 0 aromatic heterocycles. The molecule has 1 amide bonds. The van der Waals surface area contributed by atoms with Crippen LogP contribution in [-0.4, -0.2) is 99.0 Å². The largest absolute Gasteiger partial charge is 0.493 e. The first-order chi connectivity index (χ1) is 25.5. The summed E-state index contributed by atoms with van der Waals surface area (Å²) in [5.41, 5.74) is 5.50. The van der Waals surface area contributed by atoms with Crippen molar-refractivity contribution in [1.29, 1.82) is 0 Å². The Kier molecular flexibility index (Phi) is 14.6. The Morgan fingerprint density at radius 1 is 0.868 bits per heavy atom. The van der Waals surface area contributed by atoms with Crippen LogP contribution in [0.15, 0.2) is 83.9 Å². The van der Waals surface area contributed by atoms with Crippen LogP contribution >= 0.6 is 0 Å². The van der Waals surface area contributed by atoms with E-state index in [0.29, 0.717) is 41.9 Å². The van der Waals surface area contributed by atoms with Crippen molar-refractivity contribution in [3.63, 3.8) is 0 Å². The summed E-state index contributed by atoms with van der Waals surface area (Å²) >= 11 is 0. The van der Waals surface area contributed by atoms with Gasteiger partial charge in [-0.25, -0.2) is 0 Å². The van der Waals surface area contributed by atoms with Crippen LogP contribution in [0.2, 0.25) is 0 Å². The van der Waals surface area contributed by atoms with Crippen LogP contribution in [0.5, 0.6) is 17.2 Å². The second kappa shape index (κ2) is 19.3. The minimum atomic E-state index is -0.793. The molecule has 8 nitrogen and oxygen atoms in total. The van der Waals surface area contributed by atoms with Crippen LogP contribution in [0, 0.1) is 0 Å². The molecule has 1 N–H and O–H groups in total. The molecule has 0 saturated carbocycles. The summed E-state index contributed by atoms with van der Waals surface area (Å²) in [4.78, 5) is 20.6. The highest BCUT2D eigenvalue weighted by atomic mass is 16.7. The van der Waals surface area contributed by atoms with Gasteiger partial charge >= 0.3 is 0 Å². The van der Waals surface area contributed by atoms with Gasteiger partial charge in [-0.3, -0.25) is 4.79 Å². The van der Waals surface area contributed by atoms with Crippen molar-refractivity contribution < 1.29 is 19.0 Å². The molecule has 0 radical (unpaired) electrons. The Labute approximate surface area is 318 Å². The Morgan fingerprint density at radius 2 is 1.45 bits per heavy atom. The molecule has 3 aromatic rings. The Morgan fingerprint density at radius 3 is 2.02 bits per heavy atom. The van der Waals surface area contributed by atoms with Crippen LogP contribution < -0.4 is 19.5 Å². The van der Waals surface area contributed by atoms with Crippen molar-refractivity contribution in [3.8, 4) is 17.2 Å². The van der Waals surface area contributed by atoms with Gasteiger partial charge in [-0.15, -0.1) is 0 Å². The van der Waals surface area contributed by atoms with Crippen LogP contribution in [0.1, 0.15) is 87.7 Å². The van der Waals surface area contributed by atoms with E-state index in [4.69, 9.17) is 14.2 Å². The maximum atomic E-state index is 13.8. The third kappa shape index (κ3) is 11.9. The number of hydrogen-bond acceptors (Lipinski definition) is 7. The highest BCUT2D eigenvalue weighted by Crippen LogP contribution is 2.46. The minimum absolute atomic E-state index is 0.0316. The fraction of sp³-hybridized carbons (Fsp3) is 0.489. The van der Waals surface area contributed by atoms with Gasteiger partial charge < -0.3 is 34.2 Å². The summed E-state index contributed by atoms with van der Waals surface area (Å²) in [6.07, 6.45) is 11.8. The average Bonchev–Trinajstić information content (AvgIpc) is 3.84. The molecule has 3 aliphatic heterocycles. The predicted molar refractivity (Wildman–Crippen MR) is 218 cm³/mol. The zero-order valence-corrected chi connectivity index (χ0v) is 33.2. The number of benzene rings is 3. The highest BCUT2D eigenvalue weighted by Gasteiger charge is 2.36. The third-order valence-electron chi connectivity index (χ3n) is 10.5. The van der Waals surface area contributed by atoms with E-state index in [2.05, 4.69) is 97.7 Å². The van der Waals surface area contributed by atoms with Gasteiger partial charge in [0.1, 0.15) is 0 Å². The third-order valence-corrected chi connectivity index (χ3v) is 10.5. The Balaban J connectivity index is 0.000000241. The molecule has 0 aliphatic carbocycles. The number of ether oxygens (including phenoxy) is 3. The molecule has 3 aliphatic rings. The molecule has 3 aromatic carbocycles. The zero-order valence-electron chi connectivity index (χ0n) is 33.2. The van der Waals surface area contributed by atoms with E-state index in [9.17, 15) is 4.79 Å².